The van der Waals surface area contributed by atoms with E-state index in [-0.39, 0.29) is 36.8 Å². The van der Waals surface area contributed by atoms with E-state index in [1.165, 1.54) is 0 Å². The average molecular weight is 1250 g/mol. The van der Waals surface area contributed by atoms with Crippen LogP contribution in [-0.2, 0) is 14.0 Å². The Kier molecular flexibility index (Phi) is 24.8. The Morgan fingerprint density at radius 1 is 0.534 bits per heavy atom. The number of halogens is 2. The molecule has 0 fully saturated rings. The van der Waals surface area contributed by atoms with Gasteiger partial charge in [-0.25, -0.2) is 13.8 Å². The largest absolute Gasteiger partial charge is 0.805 e. The molecule has 10 rings (SSSR count). The molecule has 2 heterocycles. The van der Waals surface area contributed by atoms with Gasteiger partial charge < -0.3 is 40.1 Å². The highest BCUT2D eigenvalue weighted by molar-refractivity contribution is 7.34. The standard InChI is InChI=1S/C29H29ClN2O5.C26H25ClN2O3.C12H10O3P.C2H6O/c1-4-36-29(35)37-26-10-7-15-32(25-14-11-20(30)17-24(25)26)28(34)23-13-12-21(16-19(23)3)31-27(33)22-9-6-5-8-18(22)2;1-16-6-3-4-7-20(16)25(31)28-19-10-11-21(17(2)14-19)26(32)29-13-5-8-24(30)22-15-18(27)9-12-23(22)29;13-16(14-11-7-3-1-4-8-11)15-12-9-5-2-6-10-12;1-2-3/h5-6,8-9,11-14,16-17,26H,4,7,10,15H2,1-3H3,(H,31,33);3-4,6-7,9-12,14-15,24,30H,5,8,13H2,1-2H3,(H,28,31);1-10H;3H,2H2,1H3/q;;+1;. The molecule has 0 aromatic heterocycles. The molecule has 8 aromatic rings. The van der Waals surface area contributed by atoms with Crippen molar-refractivity contribution in [2.45, 2.75) is 79.4 Å². The minimum absolute atomic E-state index is 0.142. The number of rotatable bonds is 12. The molecule has 2 aliphatic heterocycles. The van der Waals surface area contributed by atoms with Crippen LogP contribution in [0, 0.1) is 27.7 Å². The minimum atomic E-state index is -2.18. The summed E-state index contributed by atoms with van der Waals surface area (Å²) in [5.74, 6) is 0.335. The number of amides is 4. The Morgan fingerprint density at radius 3 is 1.40 bits per heavy atom. The highest BCUT2D eigenvalue weighted by Gasteiger charge is 2.32. The van der Waals surface area contributed by atoms with Crippen LogP contribution >= 0.6 is 31.5 Å². The van der Waals surface area contributed by atoms with E-state index in [9.17, 15) is 33.6 Å². The molecule has 2 atom stereocenters. The van der Waals surface area contributed by atoms with Crippen molar-refractivity contribution in [1.82, 2.24) is 0 Å². The molecule has 0 radical (unpaired) electrons. The van der Waals surface area contributed by atoms with Gasteiger partial charge in [0.05, 0.1) is 18.4 Å². The fourth-order valence-electron chi connectivity index (χ4n) is 9.77. The van der Waals surface area contributed by atoms with E-state index in [2.05, 4.69) is 10.6 Å². The topological polar surface area (TPSA) is 210 Å². The summed E-state index contributed by atoms with van der Waals surface area (Å²) in [5, 5.41) is 24.9. The number of aliphatic hydroxyl groups is 2. The molecule has 0 aliphatic carbocycles. The lowest BCUT2D eigenvalue weighted by Gasteiger charge is -2.25. The van der Waals surface area contributed by atoms with Crippen LogP contribution in [0.5, 0.6) is 11.5 Å². The molecular formula is C69H70Cl2N4O12P+. The van der Waals surface area contributed by atoms with Gasteiger partial charge in [0.25, 0.3) is 23.6 Å². The maximum absolute atomic E-state index is 13.7. The number of nitrogens with one attached hydrogen (secondary N) is 2. The molecule has 4 N–H and O–H groups in total. The van der Waals surface area contributed by atoms with Crippen molar-refractivity contribution in [3.05, 3.63) is 248 Å². The number of hydrogen-bond donors (Lipinski definition) is 4. The van der Waals surface area contributed by atoms with Crippen LogP contribution in [0.25, 0.3) is 0 Å². The number of fused-ring (bicyclic) bond motifs is 2. The Morgan fingerprint density at radius 2 is 0.955 bits per heavy atom. The summed E-state index contributed by atoms with van der Waals surface area (Å²) in [5.41, 5.74) is 9.43. The van der Waals surface area contributed by atoms with E-state index in [1.807, 2.05) is 76.2 Å². The molecule has 0 spiro atoms. The zero-order chi connectivity index (χ0) is 63.3. The zero-order valence-electron chi connectivity index (χ0n) is 49.7. The average Bonchev–Trinajstić information content (AvgIpc) is 3.17. The van der Waals surface area contributed by atoms with E-state index in [0.29, 0.717) is 116 Å². The molecule has 0 saturated heterocycles. The number of ether oxygens (including phenoxy) is 2. The molecule has 2 aliphatic rings. The molecule has 456 valence electrons. The summed E-state index contributed by atoms with van der Waals surface area (Å²) >= 11 is 12.4. The monoisotopic (exact) mass is 1250 g/mol. The fraction of sp³-hybridized carbons (Fsp3) is 0.232. The molecular weight excluding hydrogens is 1180 g/mol. The van der Waals surface area contributed by atoms with Gasteiger partial charge in [0.2, 0.25) is 0 Å². The van der Waals surface area contributed by atoms with Crippen LogP contribution < -0.4 is 29.5 Å². The fourth-order valence-corrected chi connectivity index (χ4v) is 10.8. The molecule has 19 heteroatoms. The van der Waals surface area contributed by atoms with Crippen molar-refractivity contribution in [1.29, 1.82) is 0 Å². The Bertz CT molecular complexity index is 3700. The first-order chi connectivity index (χ1) is 42.4. The molecule has 16 nitrogen and oxygen atoms in total. The van der Waals surface area contributed by atoms with Crippen molar-refractivity contribution in [2.75, 3.05) is 46.7 Å². The summed E-state index contributed by atoms with van der Waals surface area (Å²) < 4.78 is 32.2. The maximum atomic E-state index is 13.7. The van der Waals surface area contributed by atoms with Crippen molar-refractivity contribution in [3.8, 4) is 11.5 Å². The second-order valence-corrected chi connectivity index (χ2v) is 22.0. The normalized spacial score (nSPS) is 13.8. The predicted octanol–water partition coefficient (Wildman–Crippen LogP) is 16.3. The second kappa shape index (κ2) is 32.7. The number of aryl methyl sites for hydroxylation is 4. The zero-order valence-corrected chi connectivity index (χ0v) is 52.1. The smallest absolute Gasteiger partial charge is 0.435 e. The van der Waals surface area contributed by atoms with Gasteiger partial charge in [-0.05, 0) is 199 Å². The third-order valence-corrected chi connectivity index (χ3v) is 15.2. The Balaban J connectivity index is 0.000000196. The van der Waals surface area contributed by atoms with Crippen LogP contribution in [0.2, 0.25) is 10.0 Å². The second-order valence-electron chi connectivity index (χ2n) is 20.4. The van der Waals surface area contributed by atoms with Gasteiger partial charge in [-0.15, -0.1) is 0 Å². The summed E-state index contributed by atoms with van der Waals surface area (Å²) in [6.45, 7) is 12.3. The minimum Gasteiger partial charge on any atom is -0.435 e. The number of para-hydroxylation sites is 2. The SMILES string of the molecule is CCO.CCOC(=O)OC1CCCN(C(=O)c2ccc(NC(=O)c3ccccc3C)cc2C)c2ccc(Cl)cc21.Cc1ccccc1C(=O)Nc1ccc(C(=O)N2CCCC(O)c3cc(Cl)ccc32)c(C)c1.O=[P+](Oc1ccccc1)Oc1ccccc1. The quantitative estimate of drug-likeness (QED) is 0.0665. The van der Waals surface area contributed by atoms with E-state index in [1.54, 1.807) is 157 Å². The van der Waals surface area contributed by atoms with Gasteiger partial charge in [0.1, 0.15) is 6.10 Å². The molecule has 0 bridgehead atoms. The number of carbonyl (C=O) groups is 5. The van der Waals surface area contributed by atoms with Crippen LogP contribution in [0.4, 0.5) is 27.5 Å². The number of hydrogen-bond acceptors (Lipinski definition) is 12. The van der Waals surface area contributed by atoms with Gasteiger partial charge in [-0.1, -0.05) is 96.0 Å². The maximum Gasteiger partial charge on any atom is 0.805 e. The van der Waals surface area contributed by atoms with Gasteiger partial charge in [-0.3, -0.25) is 19.2 Å². The van der Waals surface area contributed by atoms with Crippen LogP contribution in [0.15, 0.2) is 182 Å². The lowest BCUT2D eigenvalue weighted by Crippen LogP contribution is -2.32. The molecule has 4 amide bonds. The number of anilines is 4. The first-order valence-electron chi connectivity index (χ1n) is 28.6. The highest BCUT2D eigenvalue weighted by atomic mass is 35.5. The van der Waals surface area contributed by atoms with Gasteiger partial charge in [0.15, 0.2) is 11.5 Å². The van der Waals surface area contributed by atoms with Crippen LogP contribution in [-0.4, -0.2) is 66.3 Å². The summed E-state index contributed by atoms with van der Waals surface area (Å²) in [7, 11) is -2.18. The number of nitrogens with zero attached hydrogens (tertiary/aromatic N) is 2. The molecule has 2 unspecified atom stereocenters. The van der Waals surface area contributed by atoms with E-state index in [4.69, 9.17) is 46.8 Å². The van der Waals surface area contributed by atoms with E-state index < -0.39 is 26.6 Å². The third-order valence-electron chi connectivity index (χ3n) is 14.0. The number of benzene rings is 8. The summed E-state index contributed by atoms with van der Waals surface area (Å²) in [6.07, 6.45) is 0.414. The summed E-state index contributed by atoms with van der Waals surface area (Å²) in [4.78, 5) is 67.9. The van der Waals surface area contributed by atoms with Crippen molar-refractivity contribution in [3.63, 3.8) is 0 Å². The van der Waals surface area contributed by atoms with Crippen LogP contribution in [0.3, 0.4) is 0 Å². The lowest BCUT2D eigenvalue weighted by molar-refractivity contribution is 0.0230. The predicted molar refractivity (Wildman–Crippen MR) is 346 cm³/mol. The Hall–Kier alpha value is -8.89. The van der Waals surface area contributed by atoms with Gasteiger partial charge in [0, 0.05) is 84.7 Å². The van der Waals surface area contributed by atoms with Gasteiger partial charge in [-0.2, -0.15) is 0 Å². The van der Waals surface area contributed by atoms with Crippen LogP contribution in [0.1, 0.15) is 127 Å². The summed E-state index contributed by atoms with van der Waals surface area (Å²) in [6, 6.07) is 53.6. The van der Waals surface area contributed by atoms with Gasteiger partial charge >= 0.3 is 14.4 Å². The molecule has 88 heavy (non-hydrogen) atoms. The van der Waals surface area contributed by atoms with Crippen molar-refractivity contribution >= 4 is 84.0 Å². The number of aliphatic hydroxyl groups excluding tert-OH is 2. The Labute approximate surface area is 523 Å². The first-order valence-corrected chi connectivity index (χ1v) is 30.5. The molecule has 0 saturated carbocycles. The highest BCUT2D eigenvalue weighted by Crippen LogP contribution is 2.39. The molecule has 8 aromatic carbocycles. The lowest BCUT2D eigenvalue weighted by atomic mass is 10.0. The van der Waals surface area contributed by atoms with Crippen molar-refractivity contribution < 1.29 is 57.3 Å². The number of carbonyl (C=O) groups excluding carboxylic acids is 5. The van der Waals surface area contributed by atoms with Crippen molar-refractivity contribution in [2.24, 2.45) is 0 Å². The third kappa shape index (κ3) is 18.3. The van der Waals surface area contributed by atoms with E-state index in [0.717, 1.165) is 22.3 Å². The van der Waals surface area contributed by atoms with E-state index >= 15 is 0 Å². The first kappa shape index (κ1) is 66.6.